The first-order valence-electron chi connectivity index (χ1n) is 10.9. The highest BCUT2D eigenvalue weighted by atomic mass is 19.4. The van der Waals surface area contributed by atoms with Gasteiger partial charge in [-0.1, -0.05) is 30.3 Å². The fourth-order valence-electron chi connectivity index (χ4n) is 5.02. The van der Waals surface area contributed by atoms with Gasteiger partial charge in [-0.25, -0.2) is 9.18 Å². The zero-order valence-electron chi connectivity index (χ0n) is 18.1. The van der Waals surface area contributed by atoms with Gasteiger partial charge in [0, 0.05) is 25.6 Å². The zero-order valence-corrected chi connectivity index (χ0v) is 18.1. The third kappa shape index (κ3) is 4.54. The molecule has 2 aromatic rings. The summed E-state index contributed by atoms with van der Waals surface area (Å²) in [7, 11) is 0. The second-order valence-electron chi connectivity index (χ2n) is 8.73. The van der Waals surface area contributed by atoms with E-state index in [-0.39, 0.29) is 29.2 Å². The first-order valence-corrected chi connectivity index (χ1v) is 10.9. The third-order valence-corrected chi connectivity index (χ3v) is 6.84. The Morgan fingerprint density at radius 2 is 1.73 bits per heavy atom. The Labute approximate surface area is 189 Å². The highest BCUT2D eigenvalue weighted by molar-refractivity contribution is 5.84. The molecule has 0 aliphatic carbocycles. The molecule has 3 amide bonds. The van der Waals surface area contributed by atoms with Crippen molar-refractivity contribution in [2.75, 3.05) is 19.6 Å². The Bertz CT molecular complexity index is 1030. The van der Waals surface area contributed by atoms with Crippen molar-refractivity contribution in [1.82, 2.24) is 15.5 Å². The fourth-order valence-corrected chi connectivity index (χ4v) is 5.02. The van der Waals surface area contributed by atoms with Crippen LogP contribution in [0.2, 0.25) is 0 Å². The first-order chi connectivity index (χ1) is 15.6. The number of benzene rings is 2. The predicted molar refractivity (Wildman–Crippen MR) is 114 cm³/mol. The minimum absolute atomic E-state index is 0.0466. The lowest BCUT2D eigenvalue weighted by molar-refractivity contribution is -0.139. The molecule has 176 valence electrons. The Hall–Kier alpha value is -3.10. The van der Waals surface area contributed by atoms with Gasteiger partial charge in [-0.15, -0.1) is 0 Å². The number of alkyl halides is 3. The molecule has 4 rings (SSSR count). The molecule has 0 radical (unpaired) electrons. The SMILES string of the molecule is CC(C(=O)N1CCC2(CC1)NC(=O)NC[C@H]2c1ccc(F)cc1)c1ccccc1C(F)(F)F. The van der Waals surface area contributed by atoms with Crippen molar-refractivity contribution in [3.8, 4) is 0 Å². The van der Waals surface area contributed by atoms with Crippen molar-refractivity contribution < 1.29 is 27.2 Å². The Morgan fingerprint density at radius 1 is 1.09 bits per heavy atom. The van der Waals surface area contributed by atoms with E-state index in [9.17, 15) is 27.2 Å². The lowest BCUT2D eigenvalue weighted by Crippen LogP contribution is -2.66. The van der Waals surface area contributed by atoms with Crippen LogP contribution in [0, 0.1) is 5.82 Å². The predicted octanol–water partition coefficient (Wildman–Crippen LogP) is 4.41. The number of rotatable bonds is 3. The minimum atomic E-state index is -4.54. The average molecular weight is 463 g/mol. The molecule has 2 aliphatic rings. The van der Waals surface area contributed by atoms with Crippen LogP contribution in [0.1, 0.15) is 48.3 Å². The van der Waals surface area contributed by atoms with Crippen molar-refractivity contribution in [2.45, 2.75) is 43.3 Å². The summed E-state index contributed by atoms with van der Waals surface area (Å²) in [6, 6.07) is 11.0. The molecule has 2 fully saturated rings. The molecule has 2 N–H and O–H groups in total. The largest absolute Gasteiger partial charge is 0.416 e. The lowest BCUT2D eigenvalue weighted by atomic mass is 9.71. The molecule has 5 nitrogen and oxygen atoms in total. The Morgan fingerprint density at radius 3 is 2.36 bits per heavy atom. The van der Waals surface area contributed by atoms with Crippen LogP contribution < -0.4 is 10.6 Å². The van der Waals surface area contributed by atoms with Gasteiger partial charge >= 0.3 is 12.2 Å². The van der Waals surface area contributed by atoms with Gasteiger partial charge in [-0.3, -0.25) is 4.79 Å². The summed E-state index contributed by atoms with van der Waals surface area (Å²) in [5.74, 6) is -1.81. The van der Waals surface area contributed by atoms with Gasteiger partial charge in [0.15, 0.2) is 0 Å². The smallest absolute Gasteiger partial charge is 0.342 e. The van der Waals surface area contributed by atoms with Crippen LogP contribution in [0.4, 0.5) is 22.4 Å². The molecule has 0 bridgehead atoms. The molecule has 2 saturated heterocycles. The van der Waals surface area contributed by atoms with Crippen LogP contribution in [0.5, 0.6) is 0 Å². The number of hydrogen-bond donors (Lipinski definition) is 2. The van der Waals surface area contributed by atoms with Gasteiger partial charge in [0.2, 0.25) is 5.91 Å². The van der Waals surface area contributed by atoms with E-state index in [1.807, 2.05) is 0 Å². The molecule has 33 heavy (non-hydrogen) atoms. The monoisotopic (exact) mass is 463 g/mol. The van der Waals surface area contributed by atoms with E-state index in [4.69, 9.17) is 0 Å². The minimum Gasteiger partial charge on any atom is -0.342 e. The molecule has 2 heterocycles. The van der Waals surface area contributed by atoms with Gasteiger partial charge in [0.25, 0.3) is 0 Å². The van der Waals surface area contributed by atoms with Gasteiger partial charge < -0.3 is 15.5 Å². The van der Waals surface area contributed by atoms with Crippen LogP contribution in [-0.2, 0) is 11.0 Å². The van der Waals surface area contributed by atoms with Crippen molar-refractivity contribution in [1.29, 1.82) is 0 Å². The third-order valence-electron chi connectivity index (χ3n) is 6.84. The van der Waals surface area contributed by atoms with Gasteiger partial charge in [0.1, 0.15) is 5.82 Å². The van der Waals surface area contributed by atoms with Crippen molar-refractivity contribution in [2.24, 2.45) is 0 Å². The maximum absolute atomic E-state index is 13.4. The van der Waals surface area contributed by atoms with Crippen LogP contribution >= 0.6 is 0 Å². The Balaban J connectivity index is 1.52. The number of urea groups is 1. The number of hydrogen-bond acceptors (Lipinski definition) is 2. The van der Waals surface area contributed by atoms with Crippen molar-refractivity contribution in [3.63, 3.8) is 0 Å². The molecule has 2 aromatic carbocycles. The number of nitrogens with zero attached hydrogens (tertiary/aromatic N) is 1. The normalized spacial score (nSPS) is 21.3. The standard InChI is InChI=1S/C24H25F4N3O2/c1-15(18-4-2-3-5-19(18)24(26,27)28)21(32)31-12-10-23(11-13-31)20(14-29-22(33)30-23)16-6-8-17(25)9-7-16/h2-9,15,20H,10-14H2,1H3,(H2,29,30,33)/t15?,20-/m0/s1. The molecule has 1 unspecified atom stereocenters. The summed E-state index contributed by atoms with van der Waals surface area (Å²) in [5, 5.41) is 5.79. The second kappa shape index (κ2) is 8.68. The summed E-state index contributed by atoms with van der Waals surface area (Å²) >= 11 is 0. The van der Waals surface area contributed by atoms with E-state index in [1.165, 1.54) is 37.3 Å². The van der Waals surface area contributed by atoms with E-state index in [0.29, 0.717) is 32.5 Å². The summed E-state index contributed by atoms with van der Waals surface area (Å²) in [4.78, 5) is 26.8. The molecule has 0 aromatic heterocycles. The molecular weight excluding hydrogens is 438 g/mol. The quantitative estimate of drug-likeness (QED) is 0.663. The molecule has 1 spiro atoms. The summed E-state index contributed by atoms with van der Waals surface area (Å²) in [5.41, 5.74) is -0.600. The van der Waals surface area contributed by atoms with Crippen LogP contribution in [0.15, 0.2) is 48.5 Å². The van der Waals surface area contributed by atoms with Crippen LogP contribution in [0.25, 0.3) is 0 Å². The number of amides is 3. The van der Waals surface area contributed by atoms with Gasteiger partial charge in [-0.05, 0) is 49.1 Å². The van der Waals surface area contributed by atoms with E-state index < -0.39 is 23.2 Å². The van der Waals surface area contributed by atoms with E-state index in [0.717, 1.165) is 11.6 Å². The van der Waals surface area contributed by atoms with Crippen molar-refractivity contribution in [3.05, 3.63) is 71.0 Å². The maximum Gasteiger partial charge on any atom is 0.416 e. The topological polar surface area (TPSA) is 61.4 Å². The average Bonchev–Trinajstić information content (AvgIpc) is 2.79. The highest BCUT2D eigenvalue weighted by Gasteiger charge is 2.47. The van der Waals surface area contributed by atoms with E-state index in [1.54, 1.807) is 17.0 Å². The van der Waals surface area contributed by atoms with Gasteiger partial charge in [0.05, 0.1) is 17.0 Å². The summed E-state index contributed by atoms with van der Waals surface area (Å²) < 4.78 is 53.7. The van der Waals surface area contributed by atoms with E-state index in [2.05, 4.69) is 10.6 Å². The zero-order chi connectivity index (χ0) is 23.8. The summed E-state index contributed by atoms with van der Waals surface area (Å²) in [6.45, 7) is 2.47. The van der Waals surface area contributed by atoms with Crippen molar-refractivity contribution >= 4 is 11.9 Å². The summed E-state index contributed by atoms with van der Waals surface area (Å²) in [6.07, 6.45) is -3.65. The number of nitrogens with one attached hydrogen (secondary N) is 2. The highest BCUT2D eigenvalue weighted by Crippen LogP contribution is 2.40. The number of carbonyl (C=O) groups excluding carboxylic acids is 2. The number of halogens is 4. The Kier molecular flexibility index (Phi) is 6.07. The number of carbonyl (C=O) groups is 2. The number of piperidine rings is 1. The van der Waals surface area contributed by atoms with E-state index >= 15 is 0 Å². The van der Waals surface area contributed by atoms with Crippen LogP contribution in [-0.4, -0.2) is 42.0 Å². The molecular formula is C24H25F4N3O2. The number of likely N-dealkylation sites (tertiary alicyclic amines) is 1. The molecule has 2 aliphatic heterocycles. The second-order valence-corrected chi connectivity index (χ2v) is 8.73. The lowest BCUT2D eigenvalue weighted by Gasteiger charge is -2.50. The van der Waals surface area contributed by atoms with Gasteiger partial charge in [-0.2, -0.15) is 13.2 Å². The first kappa shape index (κ1) is 23.1. The van der Waals surface area contributed by atoms with Crippen LogP contribution in [0.3, 0.4) is 0 Å². The molecule has 9 heteroatoms. The molecule has 2 atom stereocenters. The fraction of sp³-hybridized carbons (Fsp3) is 0.417. The molecule has 0 saturated carbocycles. The maximum atomic E-state index is 13.4.